The molecule has 0 heterocycles. The zero-order valence-corrected chi connectivity index (χ0v) is 18.9. The predicted octanol–water partition coefficient (Wildman–Crippen LogP) is 3.30. The van der Waals surface area contributed by atoms with Crippen molar-refractivity contribution >= 4 is 21.6 Å². The molecule has 2 aromatic rings. The number of methoxy groups -OCH3 is 3. The number of rotatable bonds is 9. The SMILES string of the molecule is CCN(CC)S(=O)(=O)c1cc(C(=O)Nc2cc(OC)c(OC)c(OC)c2)ccc1C. The lowest BCUT2D eigenvalue weighted by Crippen LogP contribution is -2.31. The van der Waals surface area contributed by atoms with E-state index in [0.29, 0.717) is 41.6 Å². The molecule has 0 bridgehead atoms. The summed E-state index contributed by atoms with van der Waals surface area (Å²) in [5, 5.41) is 2.75. The van der Waals surface area contributed by atoms with E-state index >= 15 is 0 Å². The molecule has 0 aliphatic rings. The molecule has 0 saturated carbocycles. The first kappa shape index (κ1) is 23.5. The van der Waals surface area contributed by atoms with Gasteiger partial charge in [0.05, 0.1) is 26.2 Å². The Morgan fingerprint density at radius 1 is 0.967 bits per heavy atom. The van der Waals surface area contributed by atoms with Gasteiger partial charge in [0.15, 0.2) is 11.5 Å². The Hall–Kier alpha value is -2.78. The highest BCUT2D eigenvalue weighted by molar-refractivity contribution is 7.89. The topological polar surface area (TPSA) is 94.2 Å². The van der Waals surface area contributed by atoms with Gasteiger partial charge in [-0.15, -0.1) is 0 Å². The van der Waals surface area contributed by atoms with Crippen molar-refractivity contribution in [3.05, 3.63) is 41.5 Å². The van der Waals surface area contributed by atoms with Gasteiger partial charge in [-0.2, -0.15) is 4.31 Å². The minimum absolute atomic E-state index is 0.115. The van der Waals surface area contributed by atoms with E-state index in [-0.39, 0.29) is 10.5 Å². The molecule has 1 amide bonds. The Morgan fingerprint density at radius 2 is 1.53 bits per heavy atom. The lowest BCUT2D eigenvalue weighted by Gasteiger charge is -2.20. The third-order valence-electron chi connectivity index (χ3n) is 4.70. The van der Waals surface area contributed by atoms with Crippen LogP contribution in [0.5, 0.6) is 17.2 Å². The lowest BCUT2D eigenvalue weighted by atomic mass is 10.1. The van der Waals surface area contributed by atoms with Gasteiger partial charge in [0, 0.05) is 36.5 Å². The van der Waals surface area contributed by atoms with Crippen LogP contribution in [0.15, 0.2) is 35.2 Å². The van der Waals surface area contributed by atoms with Gasteiger partial charge in [-0.3, -0.25) is 4.79 Å². The van der Waals surface area contributed by atoms with E-state index in [1.165, 1.54) is 31.7 Å². The number of hydrogen-bond donors (Lipinski definition) is 1. The van der Waals surface area contributed by atoms with Gasteiger partial charge in [0.2, 0.25) is 15.8 Å². The van der Waals surface area contributed by atoms with E-state index in [0.717, 1.165) is 0 Å². The number of hydrogen-bond acceptors (Lipinski definition) is 6. The number of anilines is 1. The van der Waals surface area contributed by atoms with Crippen molar-refractivity contribution in [3.63, 3.8) is 0 Å². The van der Waals surface area contributed by atoms with Crippen LogP contribution in [0.2, 0.25) is 0 Å². The number of carbonyl (C=O) groups excluding carboxylic acids is 1. The summed E-state index contributed by atoms with van der Waals surface area (Å²) in [5.41, 5.74) is 1.22. The molecule has 0 aromatic heterocycles. The van der Waals surface area contributed by atoms with Crippen LogP contribution < -0.4 is 19.5 Å². The molecule has 9 heteroatoms. The number of carbonyl (C=O) groups is 1. The Balaban J connectivity index is 2.42. The molecule has 0 unspecified atom stereocenters. The summed E-state index contributed by atoms with van der Waals surface area (Å²) in [6, 6.07) is 7.81. The quantitative estimate of drug-likeness (QED) is 0.648. The maximum Gasteiger partial charge on any atom is 0.255 e. The first-order valence-corrected chi connectivity index (χ1v) is 10.9. The second-order valence-electron chi connectivity index (χ2n) is 6.44. The van der Waals surface area contributed by atoms with E-state index in [2.05, 4.69) is 5.32 Å². The van der Waals surface area contributed by atoms with Crippen molar-refractivity contribution in [2.75, 3.05) is 39.7 Å². The number of amides is 1. The Kier molecular flexibility index (Phi) is 7.69. The van der Waals surface area contributed by atoms with Gasteiger partial charge >= 0.3 is 0 Å². The highest BCUT2D eigenvalue weighted by Crippen LogP contribution is 2.40. The fraction of sp³-hybridized carbons (Fsp3) is 0.381. The summed E-state index contributed by atoms with van der Waals surface area (Å²) in [7, 11) is 0.753. The standard InChI is InChI=1S/C21H28N2O6S/c1-7-23(8-2)30(25,26)19-11-15(10-9-14(19)3)21(24)22-16-12-17(27-4)20(29-6)18(13-16)28-5/h9-13H,7-8H2,1-6H3,(H,22,24). The minimum atomic E-state index is -3.69. The Bertz CT molecular complexity index is 991. The average Bonchev–Trinajstić information content (AvgIpc) is 2.73. The van der Waals surface area contributed by atoms with Crippen LogP contribution in [0.1, 0.15) is 29.8 Å². The molecule has 2 rings (SSSR count). The number of ether oxygens (including phenoxy) is 3. The van der Waals surface area contributed by atoms with Crippen LogP contribution in [-0.4, -0.2) is 53.0 Å². The number of nitrogens with zero attached hydrogens (tertiary/aromatic N) is 1. The maximum absolute atomic E-state index is 12.9. The number of benzene rings is 2. The fourth-order valence-electron chi connectivity index (χ4n) is 3.08. The molecule has 164 valence electrons. The van der Waals surface area contributed by atoms with Gasteiger partial charge in [0.1, 0.15) is 0 Å². The molecule has 0 aliphatic heterocycles. The largest absolute Gasteiger partial charge is 0.493 e. The minimum Gasteiger partial charge on any atom is -0.493 e. The number of nitrogens with one attached hydrogen (secondary N) is 1. The molecule has 1 N–H and O–H groups in total. The molecule has 0 spiro atoms. The first-order chi connectivity index (χ1) is 14.2. The lowest BCUT2D eigenvalue weighted by molar-refractivity contribution is 0.102. The number of aryl methyl sites for hydroxylation is 1. The van der Waals surface area contributed by atoms with E-state index in [1.54, 1.807) is 45.0 Å². The summed E-state index contributed by atoms with van der Waals surface area (Å²) >= 11 is 0. The van der Waals surface area contributed by atoms with Crippen molar-refractivity contribution in [1.29, 1.82) is 0 Å². The summed E-state index contributed by atoms with van der Waals surface area (Å²) in [6.07, 6.45) is 0. The smallest absolute Gasteiger partial charge is 0.255 e. The molecular formula is C21H28N2O6S. The maximum atomic E-state index is 12.9. The molecular weight excluding hydrogens is 408 g/mol. The van der Waals surface area contributed by atoms with E-state index in [9.17, 15) is 13.2 Å². The molecule has 0 radical (unpaired) electrons. The van der Waals surface area contributed by atoms with Crippen LogP contribution in [0, 0.1) is 6.92 Å². The number of sulfonamides is 1. The highest BCUT2D eigenvalue weighted by Gasteiger charge is 2.25. The van der Waals surface area contributed by atoms with Gasteiger partial charge in [-0.25, -0.2) is 8.42 Å². The van der Waals surface area contributed by atoms with Gasteiger partial charge < -0.3 is 19.5 Å². The highest BCUT2D eigenvalue weighted by atomic mass is 32.2. The molecule has 8 nitrogen and oxygen atoms in total. The zero-order chi connectivity index (χ0) is 22.5. The van der Waals surface area contributed by atoms with Gasteiger partial charge in [-0.1, -0.05) is 19.9 Å². The summed E-state index contributed by atoms with van der Waals surface area (Å²) in [5.74, 6) is 0.725. The van der Waals surface area contributed by atoms with Crippen molar-refractivity contribution in [1.82, 2.24) is 4.31 Å². The Morgan fingerprint density at radius 3 is 2.00 bits per heavy atom. The summed E-state index contributed by atoms with van der Waals surface area (Å²) in [6.45, 7) is 5.95. The van der Waals surface area contributed by atoms with Crippen LogP contribution in [-0.2, 0) is 10.0 Å². The molecule has 30 heavy (non-hydrogen) atoms. The Labute approximate surface area is 177 Å². The second-order valence-corrected chi connectivity index (χ2v) is 8.34. The van der Waals surface area contributed by atoms with Crippen molar-refractivity contribution in [2.45, 2.75) is 25.7 Å². The monoisotopic (exact) mass is 436 g/mol. The van der Waals surface area contributed by atoms with Crippen molar-refractivity contribution in [2.24, 2.45) is 0 Å². The third kappa shape index (κ3) is 4.68. The fourth-order valence-corrected chi connectivity index (χ4v) is 4.79. The predicted molar refractivity (Wildman–Crippen MR) is 115 cm³/mol. The van der Waals surface area contributed by atoms with Crippen LogP contribution in [0.3, 0.4) is 0 Å². The van der Waals surface area contributed by atoms with Crippen molar-refractivity contribution < 1.29 is 27.4 Å². The molecule has 0 saturated heterocycles. The molecule has 0 atom stereocenters. The van der Waals surface area contributed by atoms with E-state index in [1.807, 2.05) is 0 Å². The van der Waals surface area contributed by atoms with Crippen LogP contribution in [0.4, 0.5) is 5.69 Å². The molecule has 0 aliphatic carbocycles. The second kappa shape index (κ2) is 9.82. The first-order valence-electron chi connectivity index (χ1n) is 9.45. The summed E-state index contributed by atoms with van der Waals surface area (Å²) in [4.78, 5) is 12.9. The molecule has 0 fully saturated rings. The normalized spacial score (nSPS) is 11.3. The van der Waals surface area contributed by atoms with Gasteiger partial charge in [-0.05, 0) is 24.6 Å². The van der Waals surface area contributed by atoms with Gasteiger partial charge in [0.25, 0.3) is 5.91 Å². The third-order valence-corrected chi connectivity index (χ3v) is 6.89. The van der Waals surface area contributed by atoms with E-state index < -0.39 is 15.9 Å². The van der Waals surface area contributed by atoms with Crippen molar-refractivity contribution in [3.8, 4) is 17.2 Å². The molecule has 2 aromatic carbocycles. The van der Waals surface area contributed by atoms with E-state index in [4.69, 9.17) is 14.2 Å². The van der Waals surface area contributed by atoms with Crippen LogP contribution >= 0.6 is 0 Å². The van der Waals surface area contributed by atoms with Crippen LogP contribution in [0.25, 0.3) is 0 Å². The zero-order valence-electron chi connectivity index (χ0n) is 18.1. The average molecular weight is 437 g/mol. The summed E-state index contributed by atoms with van der Waals surface area (Å²) < 4.78 is 43.1.